The number of rotatable bonds is 8. The number of allylic oxidation sites excluding steroid dienone is 1. The van der Waals surface area contributed by atoms with Crippen LogP contribution in [0.3, 0.4) is 0 Å². The van der Waals surface area contributed by atoms with E-state index in [2.05, 4.69) is 0 Å². The Balaban J connectivity index is 2.67. The first-order valence-electron chi connectivity index (χ1n) is 9.15. The van der Waals surface area contributed by atoms with Crippen LogP contribution in [0.4, 0.5) is 0 Å². The number of esters is 2. The van der Waals surface area contributed by atoms with Gasteiger partial charge in [-0.1, -0.05) is 35.4 Å². The summed E-state index contributed by atoms with van der Waals surface area (Å²) in [5.74, 6) is -1.68. The number of halogens is 1. The van der Waals surface area contributed by atoms with Gasteiger partial charge >= 0.3 is 11.9 Å². The molecule has 2 N–H and O–H groups in total. The zero-order valence-electron chi connectivity index (χ0n) is 16.4. The van der Waals surface area contributed by atoms with Crippen LogP contribution >= 0.6 is 11.6 Å². The molecule has 1 atom stereocenters. The number of methoxy groups -OCH3 is 1. The maximum Gasteiger partial charge on any atom is 0.335 e. The molecule has 0 aromatic heterocycles. The highest BCUT2D eigenvalue weighted by Crippen LogP contribution is 2.44. The third-order valence-corrected chi connectivity index (χ3v) is 4.90. The number of nitrogens with two attached hydrogens (primary N) is 1. The summed E-state index contributed by atoms with van der Waals surface area (Å²) in [6, 6.07) is 7.13. The molecule has 1 aromatic carbocycles. The lowest BCUT2D eigenvalue weighted by atomic mass is 9.74. The van der Waals surface area contributed by atoms with Gasteiger partial charge in [0.25, 0.3) is 0 Å². The van der Waals surface area contributed by atoms with Crippen LogP contribution in [0.1, 0.15) is 31.7 Å². The molecule has 1 aliphatic carbocycles. The summed E-state index contributed by atoms with van der Waals surface area (Å²) in [5, 5.41) is 0.452. The lowest BCUT2D eigenvalue weighted by molar-refractivity contribution is -0.139. The summed E-state index contributed by atoms with van der Waals surface area (Å²) in [7, 11) is 1.32. The van der Waals surface area contributed by atoms with Crippen LogP contribution in [0.25, 0.3) is 0 Å². The molecule has 1 unspecified atom stereocenters. The molecule has 0 heterocycles. The Morgan fingerprint density at radius 1 is 1.21 bits per heavy atom. The minimum Gasteiger partial charge on any atom is -0.466 e. The van der Waals surface area contributed by atoms with Gasteiger partial charge in [0.2, 0.25) is 0 Å². The number of carbonyl (C=O) groups excluding carboxylic acids is 2. The maximum absolute atomic E-state index is 12.9. The Labute approximate surface area is 170 Å². The van der Waals surface area contributed by atoms with Gasteiger partial charge < -0.3 is 19.9 Å². The van der Waals surface area contributed by atoms with Crippen molar-refractivity contribution < 1.29 is 23.8 Å². The van der Waals surface area contributed by atoms with E-state index >= 15 is 0 Å². The van der Waals surface area contributed by atoms with E-state index in [9.17, 15) is 9.59 Å². The van der Waals surface area contributed by atoms with Gasteiger partial charge in [0, 0.05) is 23.1 Å². The summed E-state index contributed by atoms with van der Waals surface area (Å²) in [6.07, 6.45) is 0.407. The second-order valence-electron chi connectivity index (χ2n) is 6.40. The summed E-state index contributed by atoms with van der Waals surface area (Å²) >= 11 is 6.44. The zero-order chi connectivity index (χ0) is 20.7. The number of carbonyl (C=O) groups is 2. The molecule has 0 bridgehead atoms. The molecule has 0 aliphatic heterocycles. The molecule has 1 aliphatic rings. The molecule has 152 valence electrons. The van der Waals surface area contributed by atoms with Crippen molar-refractivity contribution in [1.82, 2.24) is 0 Å². The highest BCUT2D eigenvalue weighted by Gasteiger charge is 2.39. The van der Waals surface area contributed by atoms with Crippen LogP contribution < -0.4 is 5.73 Å². The lowest BCUT2D eigenvalue weighted by Crippen LogP contribution is -2.28. The van der Waals surface area contributed by atoms with E-state index in [1.807, 2.05) is 13.0 Å². The lowest BCUT2D eigenvalue weighted by Gasteiger charge is -2.31. The van der Waals surface area contributed by atoms with Gasteiger partial charge in [-0.3, -0.25) is 0 Å². The van der Waals surface area contributed by atoms with Crippen molar-refractivity contribution in [3.8, 4) is 0 Å². The number of benzene rings is 1. The molecular formula is C21H26ClNO5. The van der Waals surface area contributed by atoms with Crippen LogP contribution in [-0.2, 0) is 23.8 Å². The Kier molecular flexibility index (Phi) is 8.23. The SMILES string of the molecule is CCOC(=O)C1=C(COCCN)CC(C)=C(C(=O)OC)C1c1ccccc1Cl. The van der Waals surface area contributed by atoms with Crippen LogP contribution in [0.5, 0.6) is 0 Å². The van der Waals surface area contributed by atoms with E-state index in [0.29, 0.717) is 41.3 Å². The van der Waals surface area contributed by atoms with E-state index in [1.165, 1.54) is 7.11 Å². The quantitative estimate of drug-likeness (QED) is 0.526. The van der Waals surface area contributed by atoms with Crippen molar-refractivity contribution >= 4 is 23.5 Å². The molecule has 0 saturated carbocycles. The summed E-state index contributed by atoms with van der Waals surface area (Å²) in [6.45, 7) is 4.75. The fourth-order valence-corrected chi connectivity index (χ4v) is 3.65. The van der Waals surface area contributed by atoms with Crippen molar-refractivity contribution in [2.75, 3.05) is 33.5 Å². The smallest absolute Gasteiger partial charge is 0.335 e. The van der Waals surface area contributed by atoms with Gasteiger partial charge in [-0.2, -0.15) is 0 Å². The Bertz CT molecular complexity index is 800. The topological polar surface area (TPSA) is 87.9 Å². The van der Waals surface area contributed by atoms with Crippen molar-refractivity contribution in [2.45, 2.75) is 26.2 Å². The van der Waals surface area contributed by atoms with Gasteiger partial charge in [0.15, 0.2) is 0 Å². The summed E-state index contributed by atoms with van der Waals surface area (Å²) in [4.78, 5) is 25.5. The minimum absolute atomic E-state index is 0.213. The third-order valence-electron chi connectivity index (χ3n) is 4.55. The van der Waals surface area contributed by atoms with Crippen molar-refractivity contribution in [2.24, 2.45) is 5.73 Å². The van der Waals surface area contributed by atoms with Gasteiger partial charge in [-0.15, -0.1) is 0 Å². The fourth-order valence-electron chi connectivity index (χ4n) is 3.41. The fraction of sp³-hybridized carbons (Fsp3) is 0.429. The first kappa shape index (κ1) is 22.1. The average Bonchev–Trinajstić information content (AvgIpc) is 2.67. The zero-order valence-corrected chi connectivity index (χ0v) is 17.2. The second kappa shape index (κ2) is 10.4. The molecule has 0 saturated heterocycles. The molecule has 0 spiro atoms. The summed E-state index contributed by atoms with van der Waals surface area (Å²) in [5.41, 5.74) is 8.48. The van der Waals surface area contributed by atoms with Gasteiger partial charge in [0.1, 0.15) is 0 Å². The standard InChI is InChI=1S/C21H26ClNO5/c1-4-28-21(25)18-14(12-27-10-9-23)11-13(2)17(20(24)26-3)19(18)15-7-5-6-8-16(15)22/h5-8,19H,4,9-12,23H2,1-3H3. The number of ether oxygens (including phenoxy) is 3. The van der Waals surface area contributed by atoms with Gasteiger partial charge in [-0.25, -0.2) is 9.59 Å². The Morgan fingerprint density at radius 3 is 2.54 bits per heavy atom. The van der Waals surface area contributed by atoms with Gasteiger partial charge in [-0.05, 0) is 37.5 Å². The molecule has 7 heteroatoms. The second-order valence-corrected chi connectivity index (χ2v) is 6.80. The van der Waals surface area contributed by atoms with Crippen molar-refractivity contribution in [3.63, 3.8) is 0 Å². The Morgan fingerprint density at radius 2 is 1.93 bits per heavy atom. The number of hydrogen-bond donors (Lipinski definition) is 1. The normalized spacial score (nSPS) is 17.0. The molecule has 0 amide bonds. The molecule has 6 nitrogen and oxygen atoms in total. The summed E-state index contributed by atoms with van der Waals surface area (Å²) < 4.78 is 15.9. The molecule has 0 radical (unpaired) electrons. The third kappa shape index (κ3) is 4.82. The predicted molar refractivity (Wildman–Crippen MR) is 107 cm³/mol. The van der Waals surface area contributed by atoms with Crippen molar-refractivity contribution in [1.29, 1.82) is 0 Å². The highest BCUT2D eigenvalue weighted by atomic mass is 35.5. The number of hydrogen-bond acceptors (Lipinski definition) is 6. The van der Waals surface area contributed by atoms with E-state index in [-0.39, 0.29) is 13.2 Å². The van der Waals surface area contributed by atoms with E-state index in [1.54, 1.807) is 25.1 Å². The average molecular weight is 408 g/mol. The van der Waals surface area contributed by atoms with Crippen LogP contribution in [0.2, 0.25) is 5.02 Å². The van der Waals surface area contributed by atoms with Crippen molar-refractivity contribution in [3.05, 3.63) is 57.1 Å². The molecule has 2 rings (SSSR count). The largest absolute Gasteiger partial charge is 0.466 e. The first-order chi connectivity index (χ1) is 13.5. The molecule has 0 fully saturated rings. The van der Waals surface area contributed by atoms with Crippen LogP contribution in [0, 0.1) is 0 Å². The van der Waals surface area contributed by atoms with E-state index < -0.39 is 17.9 Å². The Hall–Kier alpha value is -2.15. The first-order valence-corrected chi connectivity index (χ1v) is 9.53. The monoisotopic (exact) mass is 407 g/mol. The molecule has 28 heavy (non-hydrogen) atoms. The van der Waals surface area contributed by atoms with Gasteiger partial charge in [0.05, 0.1) is 32.5 Å². The highest BCUT2D eigenvalue weighted by molar-refractivity contribution is 6.31. The van der Waals surface area contributed by atoms with Crippen LogP contribution in [0.15, 0.2) is 46.6 Å². The predicted octanol–water partition coefficient (Wildman–Crippen LogP) is 3.15. The van der Waals surface area contributed by atoms with E-state index in [0.717, 1.165) is 11.1 Å². The molecule has 1 aromatic rings. The minimum atomic E-state index is -0.689. The van der Waals surface area contributed by atoms with Crippen LogP contribution in [-0.4, -0.2) is 45.4 Å². The maximum atomic E-state index is 12.9. The molecular weight excluding hydrogens is 382 g/mol. The van der Waals surface area contributed by atoms with E-state index in [4.69, 9.17) is 31.5 Å².